The number of aldehydes is 1. The lowest BCUT2D eigenvalue weighted by Gasteiger charge is -2.21. The second-order valence-electron chi connectivity index (χ2n) is 4.01. The minimum atomic E-state index is -0.462. The molecule has 0 bridgehead atoms. The van der Waals surface area contributed by atoms with Gasteiger partial charge in [0, 0.05) is 18.3 Å². The Morgan fingerprint density at radius 1 is 1.21 bits per heavy atom. The zero-order chi connectivity index (χ0) is 13.8. The van der Waals surface area contributed by atoms with Crippen LogP contribution in [0.3, 0.4) is 0 Å². The summed E-state index contributed by atoms with van der Waals surface area (Å²) in [4.78, 5) is 12.6. The number of rotatable bonds is 3. The van der Waals surface area contributed by atoms with Crippen LogP contribution in [0, 0.1) is 17.1 Å². The Balaban J connectivity index is 2.46. The van der Waals surface area contributed by atoms with Crippen LogP contribution in [0.2, 0.25) is 0 Å². The molecule has 2 aromatic carbocycles. The maximum absolute atomic E-state index is 13.9. The summed E-state index contributed by atoms with van der Waals surface area (Å²) < 4.78 is 13.9. The van der Waals surface area contributed by atoms with E-state index in [1.807, 2.05) is 6.07 Å². The van der Waals surface area contributed by atoms with Gasteiger partial charge in [0.1, 0.15) is 5.82 Å². The predicted octanol–water partition coefficient (Wildman–Crippen LogP) is 3.28. The van der Waals surface area contributed by atoms with Gasteiger partial charge >= 0.3 is 0 Å². The van der Waals surface area contributed by atoms with E-state index in [9.17, 15) is 9.18 Å². The molecule has 0 aliphatic rings. The van der Waals surface area contributed by atoms with Crippen LogP contribution in [0.1, 0.15) is 15.9 Å². The van der Waals surface area contributed by atoms with Crippen molar-refractivity contribution >= 4 is 17.7 Å². The standard InChI is InChI=1S/C15H11FN2O/c1-18(13-7-5-11(9-17)6-8-13)15-12(10-19)3-2-4-14(15)16/h2-8,10H,1H3. The molecular formula is C15H11FN2O. The van der Waals surface area contributed by atoms with Gasteiger partial charge in [-0.1, -0.05) is 6.07 Å². The van der Waals surface area contributed by atoms with Crippen LogP contribution in [0.5, 0.6) is 0 Å². The number of halogens is 1. The summed E-state index contributed by atoms with van der Waals surface area (Å²) in [7, 11) is 1.67. The molecule has 3 nitrogen and oxygen atoms in total. The van der Waals surface area contributed by atoms with E-state index in [-0.39, 0.29) is 11.3 Å². The molecule has 4 heteroatoms. The molecule has 0 radical (unpaired) electrons. The Hall–Kier alpha value is -2.67. The van der Waals surface area contributed by atoms with E-state index < -0.39 is 5.82 Å². The number of hydrogen-bond acceptors (Lipinski definition) is 3. The van der Waals surface area contributed by atoms with Crippen molar-refractivity contribution in [2.24, 2.45) is 0 Å². The molecule has 0 atom stereocenters. The highest BCUT2D eigenvalue weighted by atomic mass is 19.1. The predicted molar refractivity (Wildman–Crippen MR) is 71.0 cm³/mol. The first kappa shape index (κ1) is 12.8. The average molecular weight is 254 g/mol. The summed E-state index contributed by atoms with van der Waals surface area (Å²) in [6, 6.07) is 13.1. The van der Waals surface area contributed by atoms with Crippen molar-refractivity contribution in [1.82, 2.24) is 0 Å². The third kappa shape index (κ3) is 2.45. The van der Waals surface area contributed by atoms with Gasteiger partial charge in [0.15, 0.2) is 6.29 Å². The zero-order valence-electron chi connectivity index (χ0n) is 10.3. The molecule has 0 aromatic heterocycles. The average Bonchev–Trinajstić information content (AvgIpc) is 2.46. The van der Waals surface area contributed by atoms with Crippen LogP contribution < -0.4 is 4.90 Å². The van der Waals surface area contributed by atoms with Gasteiger partial charge in [0.2, 0.25) is 0 Å². The monoisotopic (exact) mass is 254 g/mol. The second kappa shape index (κ2) is 5.32. The molecule has 0 fully saturated rings. The van der Waals surface area contributed by atoms with Gasteiger partial charge in [-0.25, -0.2) is 4.39 Å². The van der Waals surface area contributed by atoms with E-state index in [2.05, 4.69) is 0 Å². The fraction of sp³-hybridized carbons (Fsp3) is 0.0667. The highest BCUT2D eigenvalue weighted by Crippen LogP contribution is 2.29. The number of nitrogens with zero attached hydrogens (tertiary/aromatic N) is 2. The molecule has 0 N–H and O–H groups in total. The lowest BCUT2D eigenvalue weighted by Crippen LogP contribution is -2.13. The molecule has 0 heterocycles. The van der Waals surface area contributed by atoms with Crippen LogP contribution in [0.25, 0.3) is 0 Å². The summed E-state index contributed by atoms with van der Waals surface area (Å²) >= 11 is 0. The first-order valence-corrected chi connectivity index (χ1v) is 5.65. The van der Waals surface area contributed by atoms with E-state index in [1.165, 1.54) is 12.1 Å². The smallest absolute Gasteiger partial charge is 0.152 e. The number of carbonyl (C=O) groups is 1. The summed E-state index contributed by atoms with van der Waals surface area (Å²) in [6.07, 6.45) is 0.624. The molecule has 2 rings (SSSR count). The van der Waals surface area contributed by atoms with Gasteiger partial charge in [-0.3, -0.25) is 4.79 Å². The van der Waals surface area contributed by atoms with E-state index in [0.29, 0.717) is 17.5 Å². The summed E-state index contributed by atoms with van der Waals surface area (Å²) in [5.74, 6) is -0.462. The topological polar surface area (TPSA) is 44.1 Å². The van der Waals surface area contributed by atoms with Gasteiger partial charge < -0.3 is 4.90 Å². The third-order valence-corrected chi connectivity index (χ3v) is 2.86. The van der Waals surface area contributed by atoms with Crippen molar-refractivity contribution in [3.05, 3.63) is 59.4 Å². The lowest BCUT2D eigenvalue weighted by atomic mass is 10.1. The molecule has 0 amide bonds. The van der Waals surface area contributed by atoms with Gasteiger partial charge in [0.05, 0.1) is 17.3 Å². The first-order chi connectivity index (χ1) is 9.17. The first-order valence-electron chi connectivity index (χ1n) is 5.65. The highest BCUT2D eigenvalue weighted by Gasteiger charge is 2.13. The largest absolute Gasteiger partial charge is 0.342 e. The molecule has 0 unspecified atom stereocenters. The van der Waals surface area contributed by atoms with Crippen molar-refractivity contribution in [3.63, 3.8) is 0 Å². The number of nitriles is 1. The second-order valence-corrected chi connectivity index (χ2v) is 4.01. The highest BCUT2D eigenvalue weighted by molar-refractivity contribution is 5.86. The Morgan fingerprint density at radius 2 is 1.89 bits per heavy atom. The Kier molecular flexibility index (Phi) is 3.58. The van der Waals surface area contributed by atoms with Crippen molar-refractivity contribution in [3.8, 4) is 6.07 Å². The maximum atomic E-state index is 13.9. The SMILES string of the molecule is CN(c1ccc(C#N)cc1)c1c(F)cccc1C=O. The van der Waals surface area contributed by atoms with Gasteiger partial charge in [-0.05, 0) is 36.4 Å². The van der Waals surface area contributed by atoms with E-state index in [1.54, 1.807) is 42.3 Å². The quantitative estimate of drug-likeness (QED) is 0.789. The van der Waals surface area contributed by atoms with Gasteiger partial charge in [-0.15, -0.1) is 0 Å². The third-order valence-electron chi connectivity index (χ3n) is 2.86. The fourth-order valence-electron chi connectivity index (χ4n) is 1.87. The van der Waals surface area contributed by atoms with Crippen LogP contribution in [0.15, 0.2) is 42.5 Å². The van der Waals surface area contributed by atoms with Gasteiger partial charge in [0.25, 0.3) is 0 Å². The van der Waals surface area contributed by atoms with Crippen LogP contribution >= 0.6 is 0 Å². The number of benzene rings is 2. The molecular weight excluding hydrogens is 243 g/mol. The van der Waals surface area contributed by atoms with Crippen LogP contribution in [0.4, 0.5) is 15.8 Å². The van der Waals surface area contributed by atoms with Gasteiger partial charge in [-0.2, -0.15) is 5.26 Å². The minimum Gasteiger partial charge on any atom is -0.342 e. The molecule has 0 aliphatic heterocycles. The molecule has 0 saturated carbocycles. The van der Waals surface area contributed by atoms with E-state index in [4.69, 9.17) is 5.26 Å². The van der Waals surface area contributed by atoms with E-state index >= 15 is 0 Å². The molecule has 19 heavy (non-hydrogen) atoms. The minimum absolute atomic E-state index is 0.224. The zero-order valence-corrected chi connectivity index (χ0v) is 10.3. The fourth-order valence-corrected chi connectivity index (χ4v) is 1.87. The lowest BCUT2D eigenvalue weighted by molar-refractivity contribution is 0.112. The molecule has 0 saturated heterocycles. The summed E-state index contributed by atoms with van der Waals surface area (Å²) in [5, 5.41) is 8.74. The molecule has 94 valence electrons. The normalized spacial score (nSPS) is 9.74. The Labute approximate surface area is 110 Å². The molecule has 0 spiro atoms. The van der Waals surface area contributed by atoms with Crippen molar-refractivity contribution < 1.29 is 9.18 Å². The number of para-hydroxylation sites is 1. The Morgan fingerprint density at radius 3 is 2.47 bits per heavy atom. The number of carbonyl (C=O) groups excluding carboxylic acids is 1. The van der Waals surface area contributed by atoms with Crippen molar-refractivity contribution in [1.29, 1.82) is 5.26 Å². The Bertz CT molecular complexity index is 644. The summed E-state index contributed by atoms with van der Waals surface area (Å²) in [6.45, 7) is 0. The van der Waals surface area contributed by atoms with Crippen LogP contribution in [-0.2, 0) is 0 Å². The molecule has 2 aromatic rings. The van der Waals surface area contributed by atoms with Crippen molar-refractivity contribution in [2.75, 3.05) is 11.9 Å². The maximum Gasteiger partial charge on any atom is 0.152 e. The van der Waals surface area contributed by atoms with Crippen LogP contribution in [-0.4, -0.2) is 13.3 Å². The van der Waals surface area contributed by atoms with E-state index in [0.717, 1.165) is 0 Å². The summed E-state index contributed by atoms with van der Waals surface area (Å²) in [5.41, 5.74) is 1.74. The number of hydrogen-bond donors (Lipinski definition) is 0. The molecule has 0 aliphatic carbocycles. The number of anilines is 2. The van der Waals surface area contributed by atoms with Crippen molar-refractivity contribution in [2.45, 2.75) is 0 Å².